The fourth-order valence-corrected chi connectivity index (χ4v) is 2.93. The lowest BCUT2D eigenvalue weighted by atomic mass is 10.0. The van der Waals surface area contributed by atoms with Crippen molar-refractivity contribution in [2.45, 2.75) is 58.4 Å². The number of unbranched alkanes of at least 4 members (excludes halogenated alkanes) is 3. The van der Waals surface area contributed by atoms with Crippen molar-refractivity contribution < 1.29 is 0 Å². The van der Waals surface area contributed by atoms with Crippen molar-refractivity contribution in [3.63, 3.8) is 0 Å². The van der Waals surface area contributed by atoms with Crippen LogP contribution in [0.4, 0.5) is 0 Å². The van der Waals surface area contributed by atoms with E-state index in [0.717, 1.165) is 11.7 Å². The summed E-state index contributed by atoms with van der Waals surface area (Å²) in [5, 5.41) is 4.65. The highest BCUT2D eigenvalue weighted by Crippen LogP contribution is 2.21. The molecule has 2 nitrogen and oxygen atoms in total. The van der Waals surface area contributed by atoms with Crippen LogP contribution >= 0.6 is 11.8 Å². The van der Waals surface area contributed by atoms with Gasteiger partial charge in [0, 0.05) is 17.8 Å². The Morgan fingerprint density at radius 1 is 1.33 bits per heavy atom. The van der Waals surface area contributed by atoms with Crippen molar-refractivity contribution in [2.24, 2.45) is 4.99 Å². The van der Waals surface area contributed by atoms with Crippen molar-refractivity contribution in [1.82, 2.24) is 5.32 Å². The minimum absolute atomic E-state index is 0.244. The lowest BCUT2D eigenvalue weighted by Crippen LogP contribution is -2.46. The molecule has 15 heavy (non-hydrogen) atoms. The maximum absolute atomic E-state index is 4.62. The van der Waals surface area contributed by atoms with Gasteiger partial charge in [-0.2, -0.15) is 0 Å². The van der Waals surface area contributed by atoms with Gasteiger partial charge in [-0.25, -0.2) is 0 Å². The van der Waals surface area contributed by atoms with E-state index in [9.17, 15) is 0 Å². The molecule has 1 saturated heterocycles. The lowest BCUT2D eigenvalue weighted by molar-refractivity contribution is 0.446. The van der Waals surface area contributed by atoms with E-state index in [2.05, 4.69) is 31.1 Å². The van der Waals surface area contributed by atoms with Crippen LogP contribution in [-0.4, -0.2) is 23.0 Å². The quantitative estimate of drug-likeness (QED) is 0.729. The van der Waals surface area contributed by atoms with Crippen molar-refractivity contribution in [2.75, 3.05) is 12.3 Å². The molecule has 0 aromatic heterocycles. The first-order valence-electron chi connectivity index (χ1n) is 6.09. The first-order valence-corrected chi connectivity index (χ1v) is 7.08. The van der Waals surface area contributed by atoms with E-state index in [0.29, 0.717) is 0 Å². The van der Waals surface area contributed by atoms with Gasteiger partial charge in [-0.1, -0.05) is 37.9 Å². The molecule has 0 spiro atoms. The number of nitrogens with one attached hydrogen (secondary N) is 1. The van der Waals surface area contributed by atoms with Crippen LogP contribution in [0, 0.1) is 0 Å². The van der Waals surface area contributed by atoms with Crippen LogP contribution in [-0.2, 0) is 0 Å². The Bertz CT molecular complexity index is 212. The van der Waals surface area contributed by atoms with Crippen LogP contribution in [0.2, 0.25) is 0 Å². The predicted octanol–water partition coefficient (Wildman–Crippen LogP) is 3.43. The normalized spacial score (nSPS) is 22.7. The second kappa shape index (κ2) is 6.41. The minimum Gasteiger partial charge on any atom is -0.360 e. The second-order valence-corrected chi connectivity index (χ2v) is 5.94. The number of amidine groups is 1. The molecule has 0 atom stereocenters. The highest BCUT2D eigenvalue weighted by Gasteiger charge is 2.23. The Balaban J connectivity index is 2.21. The molecule has 3 heteroatoms. The standard InChI is InChI=1S/C12H24N2S/c1-4-5-6-7-9-13-11-14-12(2,3)8-10-15-11/h4-10H2,1-3H3,(H,13,14). The maximum Gasteiger partial charge on any atom is 0.156 e. The molecule has 0 bridgehead atoms. The zero-order valence-electron chi connectivity index (χ0n) is 10.3. The summed E-state index contributed by atoms with van der Waals surface area (Å²) in [6.07, 6.45) is 6.43. The van der Waals surface area contributed by atoms with Gasteiger partial charge in [-0.15, -0.1) is 0 Å². The number of nitrogens with zero attached hydrogens (tertiary/aromatic N) is 1. The van der Waals surface area contributed by atoms with E-state index >= 15 is 0 Å². The van der Waals surface area contributed by atoms with Crippen LogP contribution in [0.25, 0.3) is 0 Å². The largest absolute Gasteiger partial charge is 0.360 e. The zero-order chi connectivity index (χ0) is 11.1. The predicted molar refractivity (Wildman–Crippen MR) is 70.7 cm³/mol. The van der Waals surface area contributed by atoms with Gasteiger partial charge in [0.25, 0.3) is 0 Å². The molecule has 0 aromatic rings. The molecule has 1 fully saturated rings. The van der Waals surface area contributed by atoms with Crippen LogP contribution in [0.3, 0.4) is 0 Å². The van der Waals surface area contributed by atoms with E-state index in [1.165, 1.54) is 37.9 Å². The molecule has 0 aliphatic carbocycles. The van der Waals surface area contributed by atoms with Gasteiger partial charge < -0.3 is 5.32 Å². The molecule has 0 unspecified atom stereocenters. The summed E-state index contributed by atoms with van der Waals surface area (Å²) in [6, 6.07) is 0. The molecule has 0 radical (unpaired) electrons. The smallest absolute Gasteiger partial charge is 0.156 e. The monoisotopic (exact) mass is 228 g/mol. The summed E-state index contributed by atoms with van der Waals surface area (Å²) in [5.74, 6) is 1.20. The third-order valence-electron chi connectivity index (χ3n) is 2.68. The molecule has 1 heterocycles. The summed E-state index contributed by atoms with van der Waals surface area (Å²) in [5.41, 5.74) is 0.244. The first-order chi connectivity index (χ1) is 7.14. The SMILES string of the molecule is CCCCCCN=C1NC(C)(C)CCS1. The first kappa shape index (κ1) is 12.9. The van der Waals surface area contributed by atoms with E-state index in [-0.39, 0.29) is 5.54 Å². The van der Waals surface area contributed by atoms with E-state index in [1.807, 2.05) is 11.8 Å². The fourth-order valence-electron chi connectivity index (χ4n) is 1.60. The average Bonchev–Trinajstić information content (AvgIpc) is 2.16. The molecule has 0 amide bonds. The summed E-state index contributed by atoms with van der Waals surface area (Å²) in [6.45, 7) is 7.73. The Labute approximate surface area is 98.3 Å². The highest BCUT2D eigenvalue weighted by atomic mass is 32.2. The third-order valence-corrected chi connectivity index (χ3v) is 3.59. The Kier molecular flexibility index (Phi) is 5.51. The lowest BCUT2D eigenvalue weighted by Gasteiger charge is -2.32. The van der Waals surface area contributed by atoms with Crippen molar-refractivity contribution >= 4 is 16.9 Å². The fraction of sp³-hybridized carbons (Fsp3) is 0.917. The van der Waals surface area contributed by atoms with Gasteiger partial charge >= 0.3 is 0 Å². The Morgan fingerprint density at radius 3 is 2.80 bits per heavy atom. The van der Waals surface area contributed by atoms with Crippen molar-refractivity contribution in [3.8, 4) is 0 Å². The van der Waals surface area contributed by atoms with Gasteiger partial charge in [0.2, 0.25) is 0 Å². The second-order valence-electron chi connectivity index (χ2n) is 4.85. The van der Waals surface area contributed by atoms with Crippen molar-refractivity contribution in [3.05, 3.63) is 0 Å². The van der Waals surface area contributed by atoms with E-state index < -0.39 is 0 Å². The average molecular weight is 228 g/mol. The number of hydrogen-bond donors (Lipinski definition) is 1. The zero-order valence-corrected chi connectivity index (χ0v) is 11.1. The van der Waals surface area contributed by atoms with Crippen LogP contribution in [0.5, 0.6) is 0 Å². The summed E-state index contributed by atoms with van der Waals surface area (Å²) < 4.78 is 0. The molecular weight excluding hydrogens is 204 g/mol. The molecule has 1 aliphatic rings. The van der Waals surface area contributed by atoms with Crippen LogP contribution in [0.1, 0.15) is 52.9 Å². The summed E-state index contributed by atoms with van der Waals surface area (Å²) in [4.78, 5) is 4.62. The number of thioether (sulfide) groups is 1. The number of hydrogen-bond acceptors (Lipinski definition) is 2. The van der Waals surface area contributed by atoms with E-state index in [1.54, 1.807) is 0 Å². The van der Waals surface area contributed by atoms with Gasteiger partial charge in [0.05, 0.1) is 0 Å². The summed E-state index contributed by atoms with van der Waals surface area (Å²) >= 11 is 1.87. The topological polar surface area (TPSA) is 24.4 Å². The van der Waals surface area contributed by atoms with Crippen LogP contribution < -0.4 is 5.32 Å². The molecule has 1 aliphatic heterocycles. The molecular formula is C12H24N2S. The Hall–Kier alpha value is -0.180. The van der Waals surface area contributed by atoms with Gasteiger partial charge in [-0.05, 0) is 26.7 Å². The molecule has 88 valence electrons. The third kappa shape index (κ3) is 5.45. The van der Waals surface area contributed by atoms with E-state index in [4.69, 9.17) is 0 Å². The molecule has 1 N–H and O–H groups in total. The van der Waals surface area contributed by atoms with Crippen molar-refractivity contribution in [1.29, 1.82) is 0 Å². The molecule has 0 aromatic carbocycles. The number of rotatable bonds is 5. The highest BCUT2D eigenvalue weighted by molar-refractivity contribution is 8.13. The Morgan fingerprint density at radius 2 is 2.13 bits per heavy atom. The molecule has 1 rings (SSSR count). The number of aliphatic imine (C=N–C) groups is 1. The maximum atomic E-state index is 4.62. The van der Waals surface area contributed by atoms with Gasteiger partial charge in [0.1, 0.15) is 0 Å². The molecule has 0 saturated carbocycles. The summed E-state index contributed by atoms with van der Waals surface area (Å²) in [7, 11) is 0. The van der Waals surface area contributed by atoms with Gasteiger partial charge in [-0.3, -0.25) is 4.99 Å². The van der Waals surface area contributed by atoms with Crippen LogP contribution in [0.15, 0.2) is 4.99 Å². The van der Waals surface area contributed by atoms with Gasteiger partial charge in [0.15, 0.2) is 5.17 Å². The minimum atomic E-state index is 0.244.